The molecule has 0 aliphatic carbocycles. The van der Waals surface area contributed by atoms with Crippen LogP contribution in [0.4, 0.5) is 4.79 Å². The maximum absolute atomic E-state index is 11.9. The van der Waals surface area contributed by atoms with Gasteiger partial charge in [-0.1, -0.05) is 30.3 Å². The van der Waals surface area contributed by atoms with Crippen LogP contribution in [0.2, 0.25) is 0 Å². The number of likely N-dealkylation sites (tertiary alicyclic amines) is 2. The fourth-order valence-electron chi connectivity index (χ4n) is 4.78. The van der Waals surface area contributed by atoms with Gasteiger partial charge in [-0.05, 0) is 38.3 Å². The highest BCUT2D eigenvalue weighted by Crippen LogP contribution is 2.35. The van der Waals surface area contributed by atoms with Crippen molar-refractivity contribution in [2.45, 2.75) is 44.3 Å². The number of amides is 1. The van der Waals surface area contributed by atoms with Gasteiger partial charge in [0.1, 0.15) is 0 Å². The lowest BCUT2D eigenvalue weighted by molar-refractivity contribution is 0.0531. The van der Waals surface area contributed by atoms with Gasteiger partial charge < -0.3 is 9.64 Å². The first-order valence-corrected chi connectivity index (χ1v) is 9.98. The molecule has 0 radical (unpaired) electrons. The van der Waals surface area contributed by atoms with E-state index in [0.717, 1.165) is 39.0 Å². The summed E-state index contributed by atoms with van der Waals surface area (Å²) in [6.07, 6.45) is 3.12. The lowest BCUT2D eigenvalue weighted by Gasteiger charge is -2.43. The van der Waals surface area contributed by atoms with E-state index in [1.165, 1.54) is 12.0 Å². The highest BCUT2D eigenvalue weighted by Gasteiger charge is 2.42. The first-order valence-electron chi connectivity index (χ1n) is 9.98. The molecule has 0 bridgehead atoms. The Morgan fingerprint density at radius 3 is 2.62 bits per heavy atom. The van der Waals surface area contributed by atoms with Crippen LogP contribution in [0, 0.1) is 5.92 Å². The van der Waals surface area contributed by atoms with Gasteiger partial charge in [-0.25, -0.2) is 10.2 Å². The zero-order chi connectivity index (χ0) is 17.9. The first kappa shape index (κ1) is 17.8. The summed E-state index contributed by atoms with van der Waals surface area (Å²) >= 11 is 0. The van der Waals surface area contributed by atoms with Crippen molar-refractivity contribution in [2.24, 2.45) is 5.92 Å². The standard InChI is InChI=1S/C20H30N4O2/c1-2-26-20(25)23-11-8-16(9-12-23)24-13-10-18-17(14-24)19(22-21-18)15-6-4-3-5-7-15/h3-7,16-19,21-22H,2,8-14H2,1H3. The third-order valence-electron chi connectivity index (χ3n) is 6.21. The van der Waals surface area contributed by atoms with Gasteiger partial charge in [0.15, 0.2) is 0 Å². The van der Waals surface area contributed by atoms with Crippen molar-refractivity contribution in [3.05, 3.63) is 35.9 Å². The van der Waals surface area contributed by atoms with Gasteiger partial charge in [-0.15, -0.1) is 0 Å². The van der Waals surface area contributed by atoms with Gasteiger partial charge in [0, 0.05) is 37.6 Å². The third kappa shape index (κ3) is 3.59. The quantitative estimate of drug-likeness (QED) is 0.867. The largest absolute Gasteiger partial charge is 0.450 e. The number of nitrogens with zero attached hydrogens (tertiary/aromatic N) is 2. The number of hydrogen-bond acceptors (Lipinski definition) is 5. The zero-order valence-corrected chi connectivity index (χ0v) is 15.6. The number of benzene rings is 1. The maximum atomic E-state index is 11.9. The number of ether oxygens (including phenoxy) is 1. The average Bonchev–Trinajstić information content (AvgIpc) is 3.12. The molecular weight excluding hydrogens is 328 g/mol. The molecule has 0 saturated carbocycles. The molecule has 4 rings (SSSR count). The molecule has 0 aromatic heterocycles. The van der Waals surface area contributed by atoms with Crippen molar-refractivity contribution < 1.29 is 9.53 Å². The summed E-state index contributed by atoms with van der Waals surface area (Å²) in [5, 5.41) is 0. The van der Waals surface area contributed by atoms with E-state index in [0.29, 0.717) is 30.7 Å². The van der Waals surface area contributed by atoms with Crippen molar-refractivity contribution in [1.82, 2.24) is 20.7 Å². The predicted molar refractivity (Wildman–Crippen MR) is 101 cm³/mol. The van der Waals surface area contributed by atoms with E-state index >= 15 is 0 Å². The van der Waals surface area contributed by atoms with Crippen molar-refractivity contribution in [2.75, 3.05) is 32.8 Å². The van der Waals surface area contributed by atoms with E-state index in [1.54, 1.807) is 0 Å². The highest BCUT2D eigenvalue weighted by molar-refractivity contribution is 5.67. The Labute approximate surface area is 155 Å². The van der Waals surface area contributed by atoms with Gasteiger partial charge in [0.25, 0.3) is 0 Å². The molecule has 3 aliphatic heterocycles. The number of piperidine rings is 2. The van der Waals surface area contributed by atoms with Gasteiger partial charge >= 0.3 is 6.09 Å². The summed E-state index contributed by atoms with van der Waals surface area (Å²) in [6, 6.07) is 12.3. The molecule has 3 fully saturated rings. The van der Waals surface area contributed by atoms with E-state index < -0.39 is 0 Å². The number of hydrazine groups is 1. The molecule has 3 saturated heterocycles. The average molecular weight is 358 g/mol. The second-order valence-electron chi connectivity index (χ2n) is 7.65. The second-order valence-corrected chi connectivity index (χ2v) is 7.65. The molecule has 6 heteroatoms. The van der Waals surface area contributed by atoms with E-state index in [9.17, 15) is 4.79 Å². The van der Waals surface area contributed by atoms with Gasteiger partial charge in [-0.2, -0.15) is 0 Å². The minimum atomic E-state index is -0.155. The van der Waals surface area contributed by atoms with Crippen molar-refractivity contribution in [3.63, 3.8) is 0 Å². The lowest BCUT2D eigenvalue weighted by Crippen LogP contribution is -2.53. The molecule has 1 aromatic rings. The smallest absolute Gasteiger partial charge is 0.409 e. The number of rotatable bonds is 3. The number of carbonyl (C=O) groups excluding carboxylic acids is 1. The van der Waals surface area contributed by atoms with Crippen molar-refractivity contribution >= 4 is 6.09 Å². The Kier molecular flexibility index (Phi) is 5.43. The maximum Gasteiger partial charge on any atom is 0.409 e. The molecule has 1 aromatic carbocycles. The molecule has 6 nitrogen and oxygen atoms in total. The molecule has 2 N–H and O–H groups in total. The number of nitrogens with one attached hydrogen (secondary N) is 2. The minimum absolute atomic E-state index is 0.155. The van der Waals surface area contributed by atoms with E-state index in [4.69, 9.17) is 4.74 Å². The Morgan fingerprint density at radius 2 is 1.88 bits per heavy atom. The molecule has 3 heterocycles. The van der Waals surface area contributed by atoms with Crippen LogP contribution in [0.5, 0.6) is 0 Å². The van der Waals surface area contributed by atoms with Crippen LogP contribution < -0.4 is 10.9 Å². The molecular formula is C20H30N4O2. The van der Waals surface area contributed by atoms with Crippen molar-refractivity contribution in [3.8, 4) is 0 Å². The van der Waals surface area contributed by atoms with Crippen molar-refractivity contribution in [1.29, 1.82) is 0 Å². The van der Waals surface area contributed by atoms with Crippen LogP contribution in [-0.4, -0.2) is 60.8 Å². The lowest BCUT2D eigenvalue weighted by atomic mass is 9.84. The van der Waals surface area contributed by atoms with Crippen LogP contribution in [0.15, 0.2) is 30.3 Å². The zero-order valence-electron chi connectivity index (χ0n) is 15.6. The van der Waals surface area contributed by atoms with E-state index in [1.807, 2.05) is 11.8 Å². The molecule has 26 heavy (non-hydrogen) atoms. The fraction of sp³-hybridized carbons (Fsp3) is 0.650. The Hall–Kier alpha value is -1.63. The molecule has 142 valence electrons. The van der Waals surface area contributed by atoms with E-state index in [2.05, 4.69) is 46.1 Å². The molecule has 3 unspecified atom stereocenters. The Bertz CT molecular complexity index is 603. The summed E-state index contributed by atoms with van der Waals surface area (Å²) in [4.78, 5) is 16.4. The number of carbonyl (C=O) groups is 1. The summed E-state index contributed by atoms with van der Waals surface area (Å²) in [7, 11) is 0. The first-order chi connectivity index (χ1) is 12.8. The summed E-state index contributed by atoms with van der Waals surface area (Å²) in [5.41, 5.74) is 8.42. The van der Waals surface area contributed by atoms with E-state index in [-0.39, 0.29) is 6.09 Å². The number of hydrogen-bond donors (Lipinski definition) is 2. The summed E-state index contributed by atoms with van der Waals surface area (Å²) in [5.74, 6) is 0.592. The topological polar surface area (TPSA) is 56.8 Å². The SMILES string of the molecule is CCOC(=O)N1CCC(N2CCC3NNC(c4ccccc4)C3C2)CC1. The van der Waals surface area contributed by atoms with Gasteiger partial charge in [-0.3, -0.25) is 10.3 Å². The Balaban J connectivity index is 1.36. The fourth-order valence-corrected chi connectivity index (χ4v) is 4.78. The van der Waals surface area contributed by atoms with Crippen LogP contribution in [0.1, 0.15) is 37.8 Å². The van der Waals surface area contributed by atoms with Crippen LogP contribution in [-0.2, 0) is 4.74 Å². The summed E-state index contributed by atoms with van der Waals surface area (Å²) < 4.78 is 5.14. The van der Waals surface area contributed by atoms with Crippen LogP contribution in [0.25, 0.3) is 0 Å². The monoisotopic (exact) mass is 358 g/mol. The normalized spacial score (nSPS) is 30.2. The Morgan fingerprint density at radius 1 is 1.12 bits per heavy atom. The van der Waals surface area contributed by atoms with Gasteiger partial charge in [0.05, 0.1) is 12.6 Å². The highest BCUT2D eigenvalue weighted by atomic mass is 16.6. The second kappa shape index (κ2) is 7.94. The molecule has 3 atom stereocenters. The number of fused-ring (bicyclic) bond motifs is 1. The minimum Gasteiger partial charge on any atom is -0.450 e. The molecule has 1 amide bonds. The summed E-state index contributed by atoms with van der Waals surface area (Å²) in [6.45, 7) is 6.20. The predicted octanol–water partition coefficient (Wildman–Crippen LogP) is 2.15. The third-order valence-corrected chi connectivity index (χ3v) is 6.21. The van der Waals surface area contributed by atoms with Crippen LogP contribution >= 0.6 is 0 Å². The van der Waals surface area contributed by atoms with Crippen LogP contribution in [0.3, 0.4) is 0 Å². The molecule has 3 aliphatic rings. The molecule has 0 spiro atoms. The van der Waals surface area contributed by atoms with Gasteiger partial charge in [0.2, 0.25) is 0 Å².